The van der Waals surface area contributed by atoms with Crippen molar-refractivity contribution in [2.45, 2.75) is 13.1 Å². The van der Waals surface area contributed by atoms with Gasteiger partial charge in [0.05, 0.1) is 7.11 Å². The van der Waals surface area contributed by atoms with E-state index in [9.17, 15) is 0 Å². The monoisotopic (exact) mass is 285 g/mol. The Morgan fingerprint density at radius 1 is 0.952 bits per heavy atom. The largest absolute Gasteiger partial charge is 0.497 e. The first kappa shape index (κ1) is 13.8. The summed E-state index contributed by atoms with van der Waals surface area (Å²) in [5.74, 6) is 2.55. The molecule has 0 aromatic heterocycles. The first-order valence-electron chi connectivity index (χ1n) is 7.07. The molecule has 1 N–H and O–H groups in total. The Labute approximate surface area is 124 Å². The molecule has 1 aliphatic heterocycles. The van der Waals surface area contributed by atoms with Crippen molar-refractivity contribution in [2.24, 2.45) is 0 Å². The number of methoxy groups -OCH3 is 1. The van der Waals surface area contributed by atoms with E-state index in [2.05, 4.69) is 17.4 Å². The fraction of sp³-hybridized carbons (Fsp3) is 0.294. The maximum atomic E-state index is 5.59. The molecule has 0 aliphatic carbocycles. The van der Waals surface area contributed by atoms with Gasteiger partial charge in [0, 0.05) is 13.1 Å². The van der Waals surface area contributed by atoms with Gasteiger partial charge in [-0.3, -0.25) is 0 Å². The number of fused-ring (bicyclic) bond motifs is 1. The van der Waals surface area contributed by atoms with Gasteiger partial charge in [0.15, 0.2) is 11.5 Å². The molecule has 0 amide bonds. The molecule has 1 heterocycles. The third kappa shape index (κ3) is 3.47. The molecular formula is C17H19NO3. The zero-order valence-corrected chi connectivity index (χ0v) is 12.1. The summed E-state index contributed by atoms with van der Waals surface area (Å²) in [7, 11) is 1.68. The van der Waals surface area contributed by atoms with Crippen LogP contribution in [-0.4, -0.2) is 20.3 Å². The molecular weight excluding hydrogens is 266 g/mol. The maximum absolute atomic E-state index is 5.59. The van der Waals surface area contributed by atoms with Gasteiger partial charge in [-0.15, -0.1) is 0 Å². The van der Waals surface area contributed by atoms with Crippen molar-refractivity contribution < 1.29 is 14.2 Å². The average molecular weight is 285 g/mol. The van der Waals surface area contributed by atoms with Gasteiger partial charge in [0.2, 0.25) is 0 Å². The molecule has 0 saturated carbocycles. The van der Waals surface area contributed by atoms with Gasteiger partial charge in [0.1, 0.15) is 19.0 Å². The minimum absolute atomic E-state index is 0.619. The van der Waals surface area contributed by atoms with E-state index >= 15 is 0 Å². The summed E-state index contributed by atoms with van der Waals surface area (Å²) in [5.41, 5.74) is 2.38. The topological polar surface area (TPSA) is 39.7 Å². The van der Waals surface area contributed by atoms with Crippen LogP contribution in [0.1, 0.15) is 11.1 Å². The van der Waals surface area contributed by atoms with E-state index in [-0.39, 0.29) is 0 Å². The molecule has 0 atom stereocenters. The Balaban J connectivity index is 1.57. The second-order valence-electron chi connectivity index (χ2n) is 4.93. The zero-order chi connectivity index (χ0) is 14.5. The number of hydrogen-bond acceptors (Lipinski definition) is 4. The molecule has 2 aromatic carbocycles. The minimum Gasteiger partial charge on any atom is -0.497 e. The van der Waals surface area contributed by atoms with Crippen molar-refractivity contribution in [3.05, 3.63) is 53.6 Å². The molecule has 0 fully saturated rings. The molecule has 1 aliphatic rings. The number of ether oxygens (including phenoxy) is 3. The Hall–Kier alpha value is -2.20. The van der Waals surface area contributed by atoms with Crippen LogP contribution in [0.2, 0.25) is 0 Å². The molecule has 21 heavy (non-hydrogen) atoms. The Kier molecular flexibility index (Phi) is 4.26. The van der Waals surface area contributed by atoms with Crippen LogP contribution in [0.4, 0.5) is 0 Å². The molecule has 4 heteroatoms. The molecule has 0 radical (unpaired) electrons. The van der Waals surface area contributed by atoms with Crippen molar-refractivity contribution in [1.82, 2.24) is 5.32 Å². The fourth-order valence-corrected chi connectivity index (χ4v) is 2.33. The summed E-state index contributed by atoms with van der Waals surface area (Å²) >= 11 is 0. The highest BCUT2D eigenvalue weighted by molar-refractivity contribution is 5.43. The smallest absolute Gasteiger partial charge is 0.161 e. The average Bonchev–Trinajstić information content (AvgIpc) is 2.55. The Morgan fingerprint density at radius 3 is 2.52 bits per heavy atom. The first-order chi connectivity index (χ1) is 10.3. The van der Waals surface area contributed by atoms with Crippen LogP contribution in [0, 0.1) is 0 Å². The number of hydrogen-bond donors (Lipinski definition) is 1. The molecule has 0 unspecified atom stereocenters. The summed E-state index contributed by atoms with van der Waals surface area (Å²) in [6.07, 6.45) is 0. The maximum Gasteiger partial charge on any atom is 0.161 e. The van der Waals surface area contributed by atoms with E-state index in [4.69, 9.17) is 14.2 Å². The van der Waals surface area contributed by atoms with Crippen LogP contribution in [0.25, 0.3) is 0 Å². The lowest BCUT2D eigenvalue weighted by molar-refractivity contribution is 0.171. The predicted octanol–water partition coefficient (Wildman–Crippen LogP) is 2.76. The van der Waals surface area contributed by atoms with Crippen LogP contribution in [0.3, 0.4) is 0 Å². The lowest BCUT2D eigenvalue weighted by Crippen LogP contribution is -2.16. The van der Waals surface area contributed by atoms with Crippen LogP contribution >= 0.6 is 0 Å². The second-order valence-corrected chi connectivity index (χ2v) is 4.93. The van der Waals surface area contributed by atoms with Gasteiger partial charge in [-0.2, -0.15) is 0 Å². The summed E-state index contributed by atoms with van der Waals surface area (Å²) < 4.78 is 16.3. The normalized spacial score (nSPS) is 13.0. The Bertz CT molecular complexity index is 613. The minimum atomic E-state index is 0.619. The SMILES string of the molecule is COc1cccc(CNCc2ccc3c(c2)OCCO3)c1. The van der Waals surface area contributed by atoms with Gasteiger partial charge in [-0.1, -0.05) is 18.2 Å². The third-order valence-electron chi connectivity index (χ3n) is 3.40. The summed E-state index contributed by atoms with van der Waals surface area (Å²) in [5, 5.41) is 3.42. The molecule has 110 valence electrons. The molecule has 3 rings (SSSR count). The molecule has 0 saturated heterocycles. The first-order valence-corrected chi connectivity index (χ1v) is 7.07. The van der Waals surface area contributed by atoms with Crippen LogP contribution < -0.4 is 19.5 Å². The van der Waals surface area contributed by atoms with Crippen molar-refractivity contribution >= 4 is 0 Å². The molecule has 4 nitrogen and oxygen atoms in total. The van der Waals surface area contributed by atoms with Gasteiger partial charge in [-0.25, -0.2) is 0 Å². The van der Waals surface area contributed by atoms with Gasteiger partial charge in [-0.05, 0) is 35.4 Å². The van der Waals surface area contributed by atoms with E-state index in [0.29, 0.717) is 13.2 Å². The molecule has 0 spiro atoms. The van der Waals surface area contributed by atoms with Crippen LogP contribution in [-0.2, 0) is 13.1 Å². The van der Waals surface area contributed by atoms with E-state index < -0.39 is 0 Å². The summed E-state index contributed by atoms with van der Waals surface area (Å²) in [6.45, 7) is 2.83. The van der Waals surface area contributed by atoms with Gasteiger partial charge >= 0.3 is 0 Å². The second kappa shape index (κ2) is 6.50. The van der Waals surface area contributed by atoms with Crippen molar-refractivity contribution in [2.75, 3.05) is 20.3 Å². The van der Waals surface area contributed by atoms with E-state index in [1.807, 2.05) is 30.3 Å². The highest BCUT2D eigenvalue weighted by atomic mass is 16.6. The fourth-order valence-electron chi connectivity index (χ4n) is 2.33. The standard InChI is InChI=1S/C17H19NO3/c1-19-15-4-2-3-13(9-15)11-18-12-14-5-6-16-17(10-14)21-8-7-20-16/h2-6,9-10,18H,7-8,11-12H2,1H3. The van der Waals surface area contributed by atoms with Crippen molar-refractivity contribution in [1.29, 1.82) is 0 Å². The van der Waals surface area contributed by atoms with Crippen molar-refractivity contribution in [3.8, 4) is 17.2 Å². The highest BCUT2D eigenvalue weighted by Crippen LogP contribution is 2.30. The summed E-state index contributed by atoms with van der Waals surface area (Å²) in [6, 6.07) is 14.1. The van der Waals surface area contributed by atoms with Crippen LogP contribution in [0.15, 0.2) is 42.5 Å². The zero-order valence-electron chi connectivity index (χ0n) is 12.1. The number of rotatable bonds is 5. The molecule has 2 aromatic rings. The molecule has 0 bridgehead atoms. The van der Waals surface area contributed by atoms with Crippen molar-refractivity contribution in [3.63, 3.8) is 0 Å². The lowest BCUT2D eigenvalue weighted by atomic mass is 10.1. The Morgan fingerprint density at radius 2 is 1.71 bits per heavy atom. The van der Waals surface area contributed by atoms with E-state index in [0.717, 1.165) is 30.3 Å². The number of nitrogens with one attached hydrogen (secondary N) is 1. The van der Waals surface area contributed by atoms with E-state index in [1.54, 1.807) is 7.11 Å². The third-order valence-corrected chi connectivity index (χ3v) is 3.40. The predicted molar refractivity (Wildman–Crippen MR) is 81.0 cm³/mol. The lowest BCUT2D eigenvalue weighted by Gasteiger charge is -2.19. The van der Waals surface area contributed by atoms with Crippen LogP contribution in [0.5, 0.6) is 17.2 Å². The summed E-state index contributed by atoms with van der Waals surface area (Å²) in [4.78, 5) is 0. The number of benzene rings is 2. The quantitative estimate of drug-likeness (QED) is 0.917. The highest BCUT2D eigenvalue weighted by Gasteiger charge is 2.11. The van der Waals surface area contributed by atoms with Gasteiger partial charge in [0.25, 0.3) is 0 Å². The van der Waals surface area contributed by atoms with Gasteiger partial charge < -0.3 is 19.5 Å². The van der Waals surface area contributed by atoms with E-state index in [1.165, 1.54) is 11.1 Å².